The Morgan fingerprint density at radius 2 is 1.59 bits per heavy atom. The monoisotopic (exact) mass is 492 g/mol. The van der Waals surface area contributed by atoms with Gasteiger partial charge in [-0.3, -0.25) is 9.78 Å². The van der Waals surface area contributed by atoms with Gasteiger partial charge >= 0.3 is 0 Å². The number of hydrogen-bond acceptors (Lipinski definition) is 4. The van der Waals surface area contributed by atoms with Crippen molar-refractivity contribution >= 4 is 16.9 Å². The molecule has 1 unspecified atom stereocenters. The fourth-order valence-electron chi connectivity index (χ4n) is 4.13. The van der Waals surface area contributed by atoms with E-state index in [1.807, 2.05) is 60.7 Å². The van der Waals surface area contributed by atoms with Gasteiger partial charge in [-0.1, -0.05) is 66.2 Å². The quantitative estimate of drug-likeness (QED) is 0.294. The molecule has 0 spiro atoms. The zero-order valence-electron chi connectivity index (χ0n) is 21.4. The standard InChI is InChI=1S/C26H26N2O3.C6H6/c1-17-4-6-20(18(2)12-17)16-28-25(29)14-19-5-7-23-21(13-19)15-24(31-23)26(3,30)22-8-10-27-11-9-22;1-2-4-6-5-3-1/h4-13,15,30H,14,16H2,1-3H3,(H,28,29);1-6H. The molecule has 37 heavy (non-hydrogen) atoms. The number of nitrogens with zero attached hydrogens (tertiary/aromatic N) is 1. The van der Waals surface area contributed by atoms with Crippen molar-refractivity contribution in [1.29, 1.82) is 0 Å². The molecule has 3 aromatic carbocycles. The third-order valence-electron chi connectivity index (χ3n) is 6.31. The van der Waals surface area contributed by atoms with Crippen molar-refractivity contribution < 1.29 is 14.3 Å². The van der Waals surface area contributed by atoms with E-state index in [9.17, 15) is 9.90 Å². The van der Waals surface area contributed by atoms with Crippen molar-refractivity contribution in [1.82, 2.24) is 10.3 Å². The number of furan rings is 1. The summed E-state index contributed by atoms with van der Waals surface area (Å²) in [6.07, 6.45) is 3.56. The van der Waals surface area contributed by atoms with Crippen LogP contribution in [-0.2, 0) is 23.4 Å². The van der Waals surface area contributed by atoms with E-state index in [4.69, 9.17) is 4.42 Å². The van der Waals surface area contributed by atoms with E-state index in [2.05, 4.69) is 42.3 Å². The first-order valence-corrected chi connectivity index (χ1v) is 12.3. The average Bonchev–Trinajstić information content (AvgIpc) is 3.35. The van der Waals surface area contributed by atoms with Gasteiger partial charge in [0.05, 0.1) is 6.42 Å². The number of carbonyl (C=O) groups is 1. The predicted molar refractivity (Wildman–Crippen MR) is 147 cm³/mol. The lowest BCUT2D eigenvalue weighted by Gasteiger charge is -2.20. The summed E-state index contributed by atoms with van der Waals surface area (Å²) in [5.74, 6) is 0.414. The van der Waals surface area contributed by atoms with E-state index in [-0.39, 0.29) is 12.3 Å². The Balaban J connectivity index is 0.000000469. The highest BCUT2D eigenvalue weighted by Gasteiger charge is 2.29. The van der Waals surface area contributed by atoms with Crippen LogP contribution in [0.4, 0.5) is 0 Å². The van der Waals surface area contributed by atoms with Crippen molar-refractivity contribution in [3.05, 3.63) is 137 Å². The van der Waals surface area contributed by atoms with Crippen LogP contribution in [0.25, 0.3) is 11.0 Å². The number of aromatic nitrogens is 1. The Kier molecular flexibility index (Phi) is 8.16. The van der Waals surface area contributed by atoms with Crippen LogP contribution in [0.15, 0.2) is 108 Å². The molecule has 0 fully saturated rings. The summed E-state index contributed by atoms with van der Waals surface area (Å²) in [7, 11) is 0. The number of aryl methyl sites for hydroxylation is 2. The maximum Gasteiger partial charge on any atom is 0.224 e. The third-order valence-corrected chi connectivity index (χ3v) is 6.31. The Morgan fingerprint density at radius 1 is 0.919 bits per heavy atom. The predicted octanol–water partition coefficient (Wildman–Crippen LogP) is 6.25. The minimum Gasteiger partial charge on any atom is -0.458 e. The molecule has 2 aromatic heterocycles. The van der Waals surface area contributed by atoms with Gasteiger partial charge in [-0.2, -0.15) is 0 Å². The van der Waals surface area contributed by atoms with Crippen LogP contribution >= 0.6 is 0 Å². The van der Waals surface area contributed by atoms with E-state index in [0.29, 0.717) is 23.5 Å². The molecular formula is C32H32N2O3. The molecule has 0 radical (unpaired) electrons. The molecule has 1 atom stereocenters. The highest BCUT2D eigenvalue weighted by Crippen LogP contribution is 2.33. The largest absolute Gasteiger partial charge is 0.458 e. The van der Waals surface area contributed by atoms with Gasteiger partial charge in [-0.15, -0.1) is 0 Å². The van der Waals surface area contributed by atoms with Crippen molar-refractivity contribution in [3.8, 4) is 0 Å². The lowest BCUT2D eigenvalue weighted by molar-refractivity contribution is -0.120. The second-order valence-corrected chi connectivity index (χ2v) is 9.33. The lowest BCUT2D eigenvalue weighted by Crippen LogP contribution is -2.24. The summed E-state index contributed by atoms with van der Waals surface area (Å²) in [6, 6.07) is 29.2. The molecule has 0 bridgehead atoms. The summed E-state index contributed by atoms with van der Waals surface area (Å²) in [4.78, 5) is 16.5. The van der Waals surface area contributed by atoms with E-state index < -0.39 is 5.60 Å². The first-order valence-electron chi connectivity index (χ1n) is 12.3. The summed E-state index contributed by atoms with van der Waals surface area (Å²) in [5, 5.41) is 14.9. The van der Waals surface area contributed by atoms with Gasteiger partial charge in [0.15, 0.2) is 0 Å². The number of benzene rings is 3. The molecule has 0 saturated heterocycles. The molecule has 5 aromatic rings. The molecule has 5 rings (SSSR count). The number of rotatable bonds is 6. The lowest BCUT2D eigenvalue weighted by atomic mass is 9.94. The summed E-state index contributed by atoms with van der Waals surface area (Å²) in [5.41, 5.74) is 4.49. The van der Waals surface area contributed by atoms with E-state index in [0.717, 1.165) is 16.5 Å². The molecule has 188 valence electrons. The summed E-state index contributed by atoms with van der Waals surface area (Å²) >= 11 is 0. The SMILES string of the molecule is Cc1ccc(CNC(=O)Cc2ccc3oc(C(C)(O)c4ccncc4)cc3c2)c(C)c1.c1ccccc1. The average molecular weight is 493 g/mol. The van der Waals surface area contributed by atoms with Gasteiger partial charge in [-0.05, 0) is 73.4 Å². The fourth-order valence-corrected chi connectivity index (χ4v) is 4.13. The smallest absolute Gasteiger partial charge is 0.224 e. The molecule has 2 N–H and O–H groups in total. The van der Waals surface area contributed by atoms with Crippen LogP contribution in [-0.4, -0.2) is 16.0 Å². The maximum absolute atomic E-state index is 12.5. The van der Waals surface area contributed by atoms with E-state index in [1.165, 1.54) is 11.1 Å². The summed E-state index contributed by atoms with van der Waals surface area (Å²) in [6.45, 7) is 6.32. The Hall–Kier alpha value is -4.22. The number of nitrogens with one attached hydrogen (secondary N) is 1. The van der Waals surface area contributed by atoms with Crippen molar-refractivity contribution in [2.75, 3.05) is 0 Å². The number of pyridine rings is 1. The van der Waals surface area contributed by atoms with Crippen LogP contribution < -0.4 is 5.32 Å². The summed E-state index contributed by atoms with van der Waals surface area (Å²) < 4.78 is 5.90. The molecule has 1 amide bonds. The van der Waals surface area contributed by atoms with Crippen LogP contribution in [0.3, 0.4) is 0 Å². The molecule has 5 heteroatoms. The molecule has 0 saturated carbocycles. The van der Waals surface area contributed by atoms with E-state index >= 15 is 0 Å². The fraction of sp³-hybridized carbons (Fsp3) is 0.188. The highest BCUT2D eigenvalue weighted by molar-refractivity contribution is 5.83. The minimum absolute atomic E-state index is 0.0353. The second-order valence-electron chi connectivity index (χ2n) is 9.33. The van der Waals surface area contributed by atoms with Gasteiger partial charge in [0.2, 0.25) is 5.91 Å². The highest BCUT2D eigenvalue weighted by atomic mass is 16.4. The number of aliphatic hydroxyl groups is 1. The van der Waals surface area contributed by atoms with Gasteiger partial charge in [0.25, 0.3) is 0 Å². The number of fused-ring (bicyclic) bond motifs is 1. The van der Waals surface area contributed by atoms with Gasteiger partial charge in [0, 0.05) is 24.3 Å². The number of amides is 1. The Bertz CT molecular complexity index is 1430. The van der Waals surface area contributed by atoms with E-state index in [1.54, 1.807) is 31.5 Å². The number of carbonyl (C=O) groups excluding carboxylic acids is 1. The topological polar surface area (TPSA) is 75.4 Å². The van der Waals surface area contributed by atoms with Gasteiger partial charge < -0.3 is 14.8 Å². The normalized spacial score (nSPS) is 12.3. The van der Waals surface area contributed by atoms with Gasteiger partial charge in [0.1, 0.15) is 16.9 Å². The van der Waals surface area contributed by atoms with Crippen LogP contribution in [0.2, 0.25) is 0 Å². The second kappa shape index (κ2) is 11.7. The van der Waals surface area contributed by atoms with Crippen molar-refractivity contribution in [2.24, 2.45) is 0 Å². The third kappa shape index (κ3) is 6.72. The van der Waals surface area contributed by atoms with Crippen molar-refractivity contribution in [2.45, 2.75) is 39.3 Å². The van der Waals surface area contributed by atoms with Gasteiger partial charge in [-0.25, -0.2) is 0 Å². The zero-order valence-corrected chi connectivity index (χ0v) is 21.4. The first-order chi connectivity index (χ1) is 17.8. The van der Waals surface area contributed by atoms with Crippen LogP contribution in [0.5, 0.6) is 0 Å². The molecule has 2 heterocycles. The Labute approximate surface area is 217 Å². The maximum atomic E-state index is 12.5. The minimum atomic E-state index is -1.27. The molecule has 0 aliphatic carbocycles. The zero-order chi connectivity index (χ0) is 26.3. The first kappa shape index (κ1) is 25.9. The van der Waals surface area contributed by atoms with Crippen LogP contribution in [0, 0.1) is 13.8 Å². The molecular weight excluding hydrogens is 460 g/mol. The van der Waals surface area contributed by atoms with Crippen LogP contribution in [0.1, 0.15) is 40.5 Å². The van der Waals surface area contributed by atoms with Crippen molar-refractivity contribution in [3.63, 3.8) is 0 Å². The number of hydrogen-bond donors (Lipinski definition) is 2. The molecule has 5 nitrogen and oxygen atoms in total. The molecule has 0 aliphatic heterocycles. The Morgan fingerprint density at radius 3 is 2.24 bits per heavy atom. The molecule has 0 aliphatic rings.